The van der Waals surface area contributed by atoms with Crippen molar-refractivity contribution in [2.45, 2.75) is 0 Å². The molecule has 0 aliphatic carbocycles. The third-order valence-corrected chi connectivity index (χ3v) is 3.48. The van der Waals surface area contributed by atoms with Crippen LogP contribution in [0.4, 0.5) is 5.69 Å². The number of rotatable bonds is 5. The summed E-state index contributed by atoms with van der Waals surface area (Å²) in [7, 11) is 3.89. The van der Waals surface area contributed by atoms with E-state index in [0.29, 0.717) is 0 Å². The van der Waals surface area contributed by atoms with Crippen molar-refractivity contribution in [3.05, 3.63) is 30.3 Å². The van der Waals surface area contributed by atoms with Crippen LogP contribution in [0.3, 0.4) is 0 Å². The van der Waals surface area contributed by atoms with Gasteiger partial charge < -0.3 is 9.64 Å². The first-order valence-electron chi connectivity index (χ1n) is 6.56. The van der Waals surface area contributed by atoms with Gasteiger partial charge in [0.15, 0.2) is 13.1 Å². The van der Waals surface area contributed by atoms with Crippen LogP contribution >= 0.6 is 0 Å². The van der Waals surface area contributed by atoms with Crippen molar-refractivity contribution < 1.29 is 4.74 Å². The topological polar surface area (TPSA) is 21.6 Å². The molecule has 0 aromatic heterocycles. The molecule has 0 saturated carbocycles. The standard InChI is InChI=1S/C14H23N3O/c1-15(12-13-18-2)17-10-8-16(9-11-17)14-6-4-3-5-7-14/h3-7H,8-13H2,1-2H3/q+1. The minimum Gasteiger partial charge on any atom is -0.383 e. The minimum atomic E-state index is 0.787. The number of anilines is 1. The van der Waals surface area contributed by atoms with Gasteiger partial charge in [0.25, 0.3) is 0 Å². The summed E-state index contributed by atoms with van der Waals surface area (Å²) < 4.78 is 5.11. The lowest BCUT2D eigenvalue weighted by atomic mass is 10.2. The van der Waals surface area contributed by atoms with Crippen LogP contribution < -0.4 is 9.91 Å². The molecule has 1 radical (unpaired) electrons. The number of methoxy groups -OCH3 is 1. The van der Waals surface area contributed by atoms with Crippen LogP contribution in [0.5, 0.6) is 0 Å². The van der Waals surface area contributed by atoms with Crippen molar-refractivity contribution in [1.29, 1.82) is 0 Å². The normalized spacial score (nSPS) is 17.4. The summed E-state index contributed by atoms with van der Waals surface area (Å²) in [5.74, 6) is 0. The van der Waals surface area contributed by atoms with Gasteiger partial charge >= 0.3 is 0 Å². The summed E-state index contributed by atoms with van der Waals surface area (Å²) in [6.07, 6.45) is 0. The molecule has 1 aliphatic rings. The molecule has 4 heteroatoms. The highest BCUT2D eigenvalue weighted by atomic mass is 16.5. The fourth-order valence-electron chi connectivity index (χ4n) is 2.30. The second-order valence-electron chi connectivity index (χ2n) is 4.65. The maximum absolute atomic E-state index is 5.11. The molecule has 1 fully saturated rings. The van der Waals surface area contributed by atoms with E-state index in [1.54, 1.807) is 7.11 Å². The van der Waals surface area contributed by atoms with Gasteiger partial charge in [-0.05, 0) is 12.1 Å². The molecular weight excluding hydrogens is 226 g/mol. The molecule has 0 unspecified atom stereocenters. The largest absolute Gasteiger partial charge is 0.383 e. The smallest absolute Gasteiger partial charge is 0.162 e. The zero-order chi connectivity index (χ0) is 12.8. The van der Waals surface area contributed by atoms with Gasteiger partial charge in [0, 0.05) is 19.8 Å². The summed E-state index contributed by atoms with van der Waals surface area (Å²) >= 11 is 0. The maximum Gasteiger partial charge on any atom is 0.162 e. The van der Waals surface area contributed by atoms with Gasteiger partial charge in [-0.3, -0.25) is 0 Å². The molecule has 0 atom stereocenters. The molecule has 1 saturated heterocycles. The van der Waals surface area contributed by atoms with Gasteiger partial charge in [-0.15, -0.1) is 5.01 Å². The first-order valence-corrected chi connectivity index (χ1v) is 6.56. The monoisotopic (exact) mass is 249 g/mol. The van der Waals surface area contributed by atoms with E-state index in [9.17, 15) is 0 Å². The molecule has 2 rings (SSSR count). The van der Waals surface area contributed by atoms with Gasteiger partial charge in [0.05, 0.1) is 26.2 Å². The van der Waals surface area contributed by atoms with Gasteiger partial charge in [-0.25, -0.2) is 0 Å². The molecule has 4 nitrogen and oxygen atoms in total. The summed E-state index contributed by atoms with van der Waals surface area (Å²) in [6.45, 7) is 6.07. The fraction of sp³-hybridized carbons (Fsp3) is 0.571. The first kappa shape index (κ1) is 13.3. The van der Waals surface area contributed by atoms with Crippen molar-refractivity contribution >= 4 is 5.69 Å². The number of hydrogen-bond acceptors (Lipinski definition) is 4. The van der Waals surface area contributed by atoms with E-state index < -0.39 is 0 Å². The summed E-state index contributed by atoms with van der Waals surface area (Å²) in [4.78, 5) is 2.45. The van der Waals surface area contributed by atoms with Crippen LogP contribution in [0.1, 0.15) is 0 Å². The molecule has 1 heterocycles. The minimum absolute atomic E-state index is 0.787. The summed E-state index contributed by atoms with van der Waals surface area (Å²) in [5.41, 5.74) is 1.33. The number of piperazine rings is 1. The molecule has 18 heavy (non-hydrogen) atoms. The quantitative estimate of drug-likeness (QED) is 0.730. The second kappa shape index (κ2) is 6.73. The Labute approximate surface area is 110 Å². The number of para-hydroxylation sites is 1. The van der Waals surface area contributed by atoms with E-state index in [1.165, 1.54) is 5.69 Å². The van der Waals surface area contributed by atoms with Gasteiger partial charge in [0.1, 0.15) is 0 Å². The highest BCUT2D eigenvalue weighted by Gasteiger charge is 2.28. The number of nitrogens with zero attached hydrogens (tertiary/aromatic N) is 3. The first-order chi connectivity index (χ1) is 8.81. The van der Waals surface area contributed by atoms with E-state index in [0.717, 1.165) is 39.3 Å². The zero-order valence-electron chi connectivity index (χ0n) is 11.4. The van der Waals surface area contributed by atoms with Crippen LogP contribution in [0.25, 0.3) is 0 Å². The number of hydrazine groups is 1. The summed E-state index contributed by atoms with van der Waals surface area (Å²) in [6, 6.07) is 10.6. The number of ether oxygens (including phenoxy) is 1. The lowest BCUT2D eigenvalue weighted by Crippen LogP contribution is -2.57. The molecule has 1 aliphatic heterocycles. The predicted molar refractivity (Wildman–Crippen MR) is 75.0 cm³/mol. The lowest BCUT2D eigenvalue weighted by Gasteiger charge is -2.32. The SMILES string of the molecule is COCCN(C)[N+]1CCN(c2ccccc2)CC1. The second-order valence-corrected chi connectivity index (χ2v) is 4.65. The Balaban J connectivity index is 1.81. The van der Waals surface area contributed by atoms with Crippen molar-refractivity contribution in [1.82, 2.24) is 10.0 Å². The van der Waals surface area contributed by atoms with Crippen LogP contribution in [0, 0.1) is 0 Å². The van der Waals surface area contributed by atoms with Crippen LogP contribution in [-0.4, -0.2) is 58.5 Å². The van der Waals surface area contributed by atoms with Crippen molar-refractivity contribution in [2.24, 2.45) is 0 Å². The maximum atomic E-state index is 5.11. The molecule has 0 N–H and O–H groups in total. The van der Waals surface area contributed by atoms with E-state index in [4.69, 9.17) is 4.74 Å². The average molecular weight is 249 g/mol. The third kappa shape index (κ3) is 3.45. The lowest BCUT2D eigenvalue weighted by molar-refractivity contribution is 0.0588. The molecule has 0 spiro atoms. The Morgan fingerprint density at radius 1 is 1.22 bits per heavy atom. The van der Waals surface area contributed by atoms with Crippen molar-refractivity contribution in [2.75, 3.05) is 58.4 Å². The van der Waals surface area contributed by atoms with Crippen molar-refractivity contribution in [3.8, 4) is 0 Å². The van der Waals surface area contributed by atoms with E-state index in [1.807, 2.05) is 0 Å². The van der Waals surface area contributed by atoms with Crippen molar-refractivity contribution in [3.63, 3.8) is 0 Å². The predicted octanol–water partition coefficient (Wildman–Crippen LogP) is 1.14. The van der Waals surface area contributed by atoms with E-state index in [-0.39, 0.29) is 0 Å². The van der Waals surface area contributed by atoms with E-state index >= 15 is 0 Å². The fourth-order valence-corrected chi connectivity index (χ4v) is 2.30. The molecular formula is C14H23N3O+. The van der Waals surface area contributed by atoms with Crippen LogP contribution in [0.2, 0.25) is 0 Å². The molecule has 99 valence electrons. The zero-order valence-corrected chi connectivity index (χ0v) is 11.4. The Hall–Kier alpha value is -1.10. The Bertz CT molecular complexity index is 336. The van der Waals surface area contributed by atoms with E-state index in [2.05, 4.69) is 52.3 Å². The number of benzene rings is 1. The van der Waals surface area contributed by atoms with Crippen LogP contribution in [0.15, 0.2) is 30.3 Å². The number of hydrogen-bond donors (Lipinski definition) is 0. The van der Waals surface area contributed by atoms with Gasteiger partial charge in [-0.2, -0.15) is 0 Å². The molecule has 0 bridgehead atoms. The Kier molecular flexibility index (Phi) is 4.99. The summed E-state index contributed by atoms with van der Waals surface area (Å²) in [5, 5.41) is 4.67. The van der Waals surface area contributed by atoms with Gasteiger partial charge in [-0.1, -0.05) is 23.2 Å². The molecule has 1 aromatic rings. The van der Waals surface area contributed by atoms with Gasteiger partial charge in [0.2, 0.25) is 0 Å². The molecule has 1 aromatic carbocycles. The third-order valence-electron chi connectivity index (χ3n) is 3.48. The Morgan fingerprint density at radius 3 is 2.50 bits per heavy atom. The van der Waals surface area contributed by atoms with Crippen LogP contribution in [-0.2, 0) is 4.74 Å². The number of likely N-dealkylation sites (N-methyl/N-ethyl adjacent to an activating group) is 1. The Morgan fingerprint density at radius 2 is 1.89 bits per heavy atom. The average Bonchev–Trinajstić information content (AvgIpc) is 2.46. The molecule has 0 amide bonds. The highest BCUT2D eigenvalue weighted by Crippen LogP contribution is 2.14. The highest BCUT2D eigenvalue weighted by molar-refractivity contribution is 5.46.